The summed E-state index contributed by atoms with van der Waals surface area (Å²) < 4.78 is 5.06. The highest BCUT2D eigenvalue weighted by Gasteiger charge is 2.04. The smallest absolute Gasteiger partial charge is 0.315 e. The first-order valence-electron chi connectivity index (χ1n) is 4.36. The van der Waals surface area contributed by atoms with Gasteiger partial charge in [-0.25, -0.2) is 4.79 Å². The summed E-state index contributed by atoms with van der Waals surface area (Å²) in [5, 5.41) is 5.66. The van der Waals surface area contributed by atoms with E-state index in [9.17, 15) is 4.79 Å². The van der Waals surface area contributed by atoms with Crippen LogP contribution in [0.1, 0.15) is 19.6 Å². The summed E-state index contributed by atoms with van der Waals surface area (Å²) in [6.07, 6.45) is 0. The van der Waals surface area contributed by atoms with Crippen molar-refractivity contribution >= 4 is 17.6 Å². The van der Waals surface area contributed by atoms with Crippen LogP contribution in [0, 0.1) is 0 Å². The molecule has 0 spiro atoms. The average Bonchev–Trinajstić information content (AvgIpc) is 2.47. The van der Waals surface area contributed by atoms with Crippen LogP contribution in [0.3, 0.4) is 0 Å². The number of carbonyl (C=O) groups excluding carboxylic acids is 1. The van der Waals surface area contributed by atoms with Gasteiger partial charge < -0.3 is 15.1 Å². The largest absolute Gasteiger partial charge is 0.448 e. The van der Waals surface area contributed by atoms with Gasteiger partial charge in [0.25, 0.3) is 0 Å². The SMILES string of the molecule is CC(C)NC(=O)NCc1ccc(Cl)o1. The number of carbonyl (C=O) groups is 1. The highest BCUT2D eigenvalue weighted by atomic mass is 35.5. The zero-order valence-corrected chi connectivity index (χ0v) is 8.89. The first kappa shape index (κ1) is 10.9. The van der Waals surface area contributed by atoms with Crippen molar-refractivity contribution in [1.82, 2.24) is 10.6 Å². The molecule has 0 unspecified atom stereocenters. The number of halogens is 1. The Hall–Kier alpha value is -1.16. The number of hydrogen-bond donors (Lipinski definition) is 2. The minimum absolute atomic E-state index is 0.121. The van der Waals surface area contributed by atoms with Crippen molar-refractivity contribution in [2.45, 2.75) is 26.4 Å². The highest BCUT2D eigenvalue weighted by molar-refractivity contribution is 6.28. The molecule has 2 N–H and O–H groups in total. The standard InChI is InChI=1S/C9H13ClN2O2/c1-6(2)12-9(13)11-5-7-3-4-8(10)14-7/h3-4,6H,5H2,1-2H3,(H2,11,12,13). The second-order valence-corrected chi connectivity index (χ2v) is 3.56. The van der Waals surface area contributed by atoms with Crippen LogP contribution < -0.4 is 10.6 Å². The average molecular weight is 217 g/mol. The van der Waals surface area contributed by atoms with Gasteiger partial charge in [0.1, 0.15) is 5.76 Å². The van der Waals surface area contributed by atoms with Gasteiger partial charge in [-0.05, 0) is 37.6 Å². The second kappa shape index (κ2) is 4.91. The highest BCUT2D eigenvalue weighted by Crippen LogP contribution is 2.12. The Kier molecular flexibility index (Phi) is 3.83. The van der Waals surface area contributed by atoms with Gasteiger partial charge in [0.05, 0.1) is 6.54 Å². The maximum Gasteiger partial charge on any atom is 0.315 e. The summed E-state index contributed by atoms with van der Waals surface area (Å²) in [6.45, 7) is 4.12. The molecule has 1 aromatic rings. The van der Waals surface area contributed by atoms with Crippen LogP contribution in [0.25, 0.3) is 0 Å². The van der Waals surface area contributed by atoms with Crippen molar-refractivity contribution in [2.75, 3.05) is 0 Å². The molecule has 1 heterocycles. The number of urea groups is 1. The predicted octanol–water partition coefficient (Wildman–Crippen LogP) is 2.14. The van der Waals surface area contributed by atoms with Crippen molar-refractivity contribution in [3.05, 3.63) is 23.1 Å². The lowest BCUT2D eigenvalue weighted by Crippen LogP contribution is -2.38. The maximum absolute atomic E-state index is 11.1. The molecule has 0 aliphatic rings. The molecule has 0 atom stereocenters. The van der Waals surface area contributed by atoms with E-state index in [0.29, 0.717) is 17.5 Å². The molecule has 0 saturated carbocycles. The summed E-state index contributed by atoms with van der Waals surface area (Å²) in [4.78, 5) is 11.1. The van der Waals surface area contributed by atoms with Crippen LogP contribution in [-0.2, 0) is 6.54 Å². The second-order valence-electron chi connectivity index (χ2n) is 3.19. The van der Waals surface area contributed by atoms with Crippen LogP contribution in [0.15, 0.2) is 16.5 Å². The number of rotatable bonds is 3. The zero-order chi connectivity index (χ0) is 10.6. The number of hydrogen-bond acceptors (Lipinski definition) is 2. The van der Waals surface area contributed by atoms with Crippen molar-refractivity contribution in [1.29, 1.82) is 0 Å². The molecule has 2 amide bonds. The van der Waals surface area contributed by atoms with E-state index in [4.69, 9.17) is 16.0 Å². The Labute approximate surface area is 87.6 Å². The molecule has 0 aromatic carbocycles. The lowest BCUT2D eigenvalue weighted by Gasteiger charge is -2.08. The number of amides is 2. The fourth-order valence-corrected chi connectivity index (χ4v) is 1.09. The lowest BCUT2D eigenvalue weighted by atomic mass is 10.4. The molecule has 1 aromatic heterocycles. The predicted molar refractivity (Wildman–Crippen MR) is 54.2 cm³/mol. The summed E-state index contributed by atoms with van der Waals surface area (Å²) in [5.74, 6) is 0.633. The van der Waals surface area contributed by atoms with E-state index in [1.807, 2.05) is 13.8 Å². The molecule has 4 nitrogen and oxygen atoms in total. The fraction of sp³-hybridized carbons (Fsp3) is 0.444. The van der Waals surface area contributed by atoms with Crippen LogP contribution in [0.4, 0.5) is 4.79 Å². The van der Waals surface area contributed by atoms with Gasteiger partial charge in [-0.1, -0.05) is 0 Å². The maximum atomic E-state index is 11.1. The van der Waals surface area contributed by atoms with Crippen molar-refractivity contribution in [3.8, 4) is 0 Å². The van der Waals surface area contributed by atoms with E-state index >= 15 is 0 Å². The Balaban J connectivity index is 2.30. The fourth-order valence-electron chi connectivity index (χ4n) is 0.927. The van der Waals surface area contributed by atoms with Crippen LogP contribution in [0.2, 0.25) is 5.22 Å². The van der Waals surface area contributed by atoms with Gasteiger partial charge in [-0.3, -0.25) is 0 Å². The number of nitrogens with one attached hydrogen (secondary N) is 2. The van der Waals surface area contributed by atoms with E-state index in [1.165, 1.54) is 0 Å². The molecule has 0 bridgehead atoms. The third-order valence-electron chi connectivity index (χ3n) is 1.47. The van der Waals surface area contributed by atoms with Gasteiger partial charge in [-0.15, -0.1) is 0 Å². The molecule has 0 aliphatic heterocycles. The summed E-state index contributed by atoms with van der Waals surface area (Å²) in [7, 11) is 0. The van der Waals surface area contributed by atoms with Crippen molar-refractivity contribution in [2.24, 2.45) is 0 Å². The van der Waals surface area contributed by atoms with E-state index < -0.39 is 0 Å². The van der Waals surface area contributed by atoms with Crippen LogP contribution >= 0.6 is 11.6 Å². The third-order valence-corrected chi connectivity index (χ3v) is 1.67. The topological polar surface area (TPSA) is 54.3 Å². The molecule has 0 radical (unpaired) electrons. The van der Waals surface area contributed by atoms with Gasteiger partial charge in [0, 0.05) is 6.04 Å². The third kappa shape index (κ3) is 3.70. The first-order chi connectivity index (χ1) is 6.58. The van der Waals surface area contributed by atoms with Crippen LogP contribution in [0.5, 0.6) is 0 Å². The Morgan fingerprint density at radius 1 is 1.57 bits per heavy atom. The molecule has 0 aliphatic carbocycles. The Morgan fingerprint density at radius 2 is 2.29 bits per heavy atom. The van der Waals surface area contributed by atoms with Gasteiger partial charge in [0.2, 0.25) is 0 Å². The van der Waals surface area contributed by atoms with Gasteiger partial charge in [0.15, 0.2) is 5.22 Å². The molecular weight excluding hydrogens is 204 g/mol. The monoisotopic (exact) mass is 216 g/mol. The zero-order valence-electron chi connectivity index (χ0n) is 8.13. The van der Waals surface area contributed by atoms with Crippen molar-refractivity contribution in [3.63, 3.8) is 0 Å². The minimum atomic E-state index is -0.215. The van der Waals surface area contributed by atoms with Gasteiger partial charge >= 0.3 is 6.03 Å². The molecule has 14 heavy (non-hydrogen) atoms. The Morgan fingerprint density at radius 3 is 2.79 bits per heavy atom. The minimum Gasteiger partial charge on any atom is -0.448 e. The van der Waals surface area contributed by atoms with E-state index in [-0.39, 0.29) is 12.1 Å². The summed E-state index contributed by atoms with van der Waals surface area (Å²) in [5.41, 5.74) is 0. The van der Waals surface area contributed by atoms with E-state index in [0.717, 1.165) is 0 Å². The normalized spacial score (nSPS) is 10.3. The molecular formula is C9H13ClN2O2. The van der Waals surface area contributed by atoms with E-state index in [1.54, 1.807) is 12.1 Å². The molecule has 5 heteroatoms. The molecule has 0 saturated heterocycles. The van der Waals surface area contributed by atoms with Crippen molar-refractivity contribution < 1.29 is 9.21 Å². The summed E-state index contributed by atoms with van der Waals surface area (Å²) >= 11 is 5.57. The summed E-state index contributed by atoms with van der Waals surface area (Å²) in [6, 6.07) is 3.26. The first-order valence-corrected chi connectivity index (χ1v) is 4.74. The van der Waals surface area contributed by atoms with Gasteiger partial charge in [-0.2, -0.15) is 0 Å². The molecule has 0 fully saturated rings. The lowest BCUT2D eigenvalue weighted by molar-refractivity contribution is 0.237. The van der Waals surface area contributed by atoms with Crippen LogP contribution in [-0.4, -0.2) is 12.1 Å². The quantitative estimate of drug-likeness (QED) is 0.814. The number of furan rings is 1. The Bertz CT molecular complexity index is 310. The molecule has 1 rings (SSSR count). The van der Waals surface area contributed by atoms with E-state index in [2.05, 4.69) is 10.6 Å². The molecule has 78 valence electrons.